The van der Waals surface area contributed by atoms with Crippen LogP contribution in [0.3, 0.4) is 0 Å². The fourth-order valence-electron chi connectivity index (χ4n) is 2.72. The van der Waals surface area contributed by atoms with Crippen LogP contribution in [0.2, 0.25) is 0 Å². The number of hydrogen-bond donors (Lipinski definition) is 0. The fourth-order valence-corrected chi connectivity index (χ4v) is 2.72. The van der Waals surface area contributed by atoms with Crippen molar-refractivity contribution in [3.63, 3.8) is 0 Å². The Balaban J connectivity index is 1.78. The number of nitrogens with zero attached hydrogens (tertiary/aromatic N) is 3. The molecule has 0 atom stereocenters. The molecule has 1 aromatic heterocycles. The highest BCUT2D eigenvalue weighted by atomic mass is 15.4. The van der Waals surface area contributed by atoms with Crippen LogP contribution in [-0.4, -0.2) is 15.0 Å². The third-order valence-electron chi connectivity index (χ3n) is 4.36. The zero-order valence-electron chi connectivity index (χ0n) is 16.6. The summed E-state index contributed by atoms with van der Waals surface area (Å²) < 4.78 is 1.90. The first kappa shape index (κ1) is 19.9. The van der Waals surface area contributed by atoms with Crippen molar-refractivity contribution in [1.29, 1.82) is 0 Å². The van der Waals surface area contributed by atoms with E-state index in [4.69, 9.17) is 0 Å². The highest BCUT2D eigenvalue weighted by molar-refractivity contribution is 5.57. The van der Waals surface area contributed by atoms with Crippen LogP contribution in [0.5, 0.6) is 0 Å². The van der Waals surface area contributed by atoms with E-state index in [2.05, 4.69) is 68.4 Å². The molecule has 0 aliphatic rings. The van der Waals surface area contributed by atoms with Gasteiger partial charge in [-0.1, -0.05) is 70.5 Å². The zero-order valence-corrected chi connectivity index (χ0v) is 16.6. The molecule has 0 saturated heterocycles. The van der Waals surface area contributed by atoms with Crippen LogP contribution < -0.4 is 0 Å². The SMILES string of the molecule is CC(C)=CCC/C(C)=C/CC/C(C)=C\Cn1cc(-c2ccccc2)nn1. The lowest BCUT2D eigenvalue weighted by molar-refractivity contribution is 0.657. The van der Waals surface area contributed by atoms with Crippen molar-refractivity contribution in [1.82, 2.24) is 15.0 Å². The third-order valence-corrected chi connectivity index (χ3v) is 4.36. The van der Waals surface area contributed by atoms with Gasteiger partial charge in [-0.15, -0.1) is 5.10 Å². The van der Waals surface area contributed by atoms with E-state index in [1.54, 1.807) is 0 Å². The van der Waals surface area contributed by atoms with Gasteiger partial charge in [-0.3, -0.25) is 0 Å². The van der Waals surface area contributed by atoms with Crippen LogP contribution in [-0.2, 0) is 6.54 Å². The van der Waals surface area contributed by atoms with Gasteiger partial charge >= 0.3 is 0 Å². The monoisotopic (exact) mass is 349 g/mol. The van der Waals surface area contributed by atoms with E-state index in [0.29, 0.717) is 0 Å². The van der Waals surface area contributed by atoms with Gasteiger partial charge in [0, 0.05) is 5.56 Å². The maximum absolute atomic E-state index is 4.26. The number of aromatic nitrogens is 3. The molecule has 2 rings (SSSR count). The molecular weight excluding hydrogens is 318 g/mol. The number of allylic oxidation sites excluding steroid dienone is 6. The van der Waals surface area contributed by atoms with Crippen LogP contribution in [0.25, 0.3) is 11.3 Å². The summed E-state index contributed by atoms with van der Waals surface area (Å²) in [5, 5.41) is 8.49. The van der Waals surface area contributed by atoms with Gasteiger partial charge in [0.15, 0.2) is 0 Å². The summed E-state index contributed by atoms with van der Waals surface area (Å²) in [6.45, 7) is 9.52. The van der Waals surface area contributed by atoms with Crippen LogP contribution in [0.1, 0.15) is 53.4 Å². The Morgan fingerprint density at radius 2 is 1.54 bits per heavy atom. The minimum atomic E-state index is 0.773. The number of rotatable bonds is 9. The standard InChI is InChI=1S/C23H31N3/c1-19(2)10-8-11-20(3)12-9-13-21(4)16-17-26-18-23(24-25-26)22-14-6-5-7-15-22/h5-7,10,12,14-16,18H,8-9,11,13,17H2,1-4H3/b20-12+,21-16-. The Bertz CT molecular complexity index is 760. The van der Waals surface area contributed by atoms with Crippen molar-refractivity contribution in [3.8, 4) is 11.3 Å². The second-order valence-corrected chi connectivity index (χ2v) is 7.15. The molecule has 0 amide bonds. The van der Waals surface area contributed by atoms with Crippen LogP contribution in [0.4, 0.5) is 0 Å². The molecular formula is C23H31N3. The average molecular weight is 350 g/mol. The Labute approximate surface area is 158 Å². The molecule has 0 saturated carbocycles. The molecule has 138 valence electrons. The van der Waals surface area contributed by atoms with Gasteiger partial charge in [-0.25, -0.2) is 4.68 Å². The highest BCUT2D eigenvalue weighted by Crippen LogP contribution is 2.15. The molecule has 0 radical (unpaired) electrons. The maximum Gasteiger partial charge on any atom is 0.113 e. The lowest BCUT2D eigenvalue weighted by Crippen LogP contribution is -1.96. The van der Waals surface area contributed by atoms with Gasteiger partial charge in [0.05, 0.1) is 12.7 Å². The molecule has 0 N–H and O–H groups in total. The van der Waals surface area contributed by atoms with Gasteiger partial charge < -0.3 is 0 Å². The van der Waals surface area contributed by atoms with Crippen molar-refractivity contribution in [2.24, 2.45) is 0 Å². The summed E-state index contributed by atoms with van der Waals surface area (Å²) in [6, 6.07) is 10.2. The van der Waals surface area contributed by atoms with E-state index < -0.39 is 0 Å². The van der Waals surface area contributed by atoms with E-state index >= 15 is 0 Å². The van der Waals surface area contributed by atoms with Gasteiger partial charge in [-0.05, 0) is 53.4 Å². The molecule has 26 heavy (non-hydrogen) atoms. The molecule has 0 unspecified atom stereocenters. The Morgan fingerprint density at radius 3 is 2.23 bits per heavy atom. The molecule has 0 spiro atoms. The zero-order chi connectivity index (χ0) is 18.8. The quantitative estimate of drug-likeness (QED) is 0.493. The average Bonchev–Trinajstić information content (AvgIpc) is 3.09. The Hall–Kier alpha value is -2.42. The van der Waals surface area contributed by atoms with Crippen LogP contribution in [0, 0.1) is 0 Å². The molecule has 0 aliphatic heterocycles. The van der Waals surface area contributed by atoms with Crippen LogP contribution >= 0.6 is 0 Å². The predicted octanol–water partition coefficient (Wildman–Crippen LogP) is 6.36. The smallest absolute Gasteiger partial charge is 0.113 e. The normalized spacial score (nSPS) is 12.3. The second kappa shape index (κ2) is 10.5. The first-order valence-corrected chi connectivity index (χ1v) is 9.45. The molecule has 2 aromatic rings. The minimum absolute atomic E-state index is 0.773. The van der Waals surface area contributed by atoms with Crippen molar-refractivity contribution in [2.45, 2.75) is 59.9 Å². The summed E-state index contributed by atoms with van der Waals surface area (Å²) in [5.74, 6) is 0. The van der Waals surface area contributed by atoms with E-state index in [0.717, 1.165) is 43.5 Å². The second-order valence-electron chi connectivity index (χ2n) is 7.15. The van der Waals surface area contributed by atoms with E-state index in [9.17, 15) is 0 Å². The Kier molecular flexibility index (Phi) is 8.07. The van der Waals surface area contributed by atoms with Crippen LogP contribution in [0.15, 0.2) is 71.5 Å². The molecule has 1 heterocycles. The summed E-state index contributed by atoms with van der Waals surface area (Å²) >= 11 is 0. The van der Waals surface area contributed by atoms with Gasteiger partial charge in [-0.2, -0.15) is 0 Å². The summed E-state index contributed by atoms with van der Waals surface area (Å²) in [4.78, 5) is 0. The van der Waals surface area contributed by atoms with Gasteiger partial charge in [0.2, 0.25) is 0 Å². The van der Waals surface area contributed by atoms with Crippen molar-refractivity contribution in [2.75, 3.05) is 0 Å². The third kappa shape index (κ3) is 7.22. The summed E-state index contributed by atoms with van der Waals surface area (Å²) in [5.41, 5.74) is 6.31. The largest absolute Gasteiger partial charge is 0.248 e. The topological polar surface area (TPSA) is 30.7 Å². The van der Waals surface area contributed by atoms with E-state index in [1.807, 2.05) is 29.1 Å². The lowest BCUT2D eigenvalue weighted by atomic mass is 10.1. The first-order chi connectivity index (χ1) is 12.5. The van der Waals surface area contributed by atoms with Crippen molar-refractivity contribution < 1.29 is 0 Å². The number of hydrogen-bond acceptors (Lipinski definition) is 2. The van der Waals surface area contributed by atoms with E-state index in [1.165, 1.54) is 16.7 Å². The molecule has 1 aromatic carbocycles. The Morgan fingerprint density at radius 1 is 0.885 bits per heavy atom. The molecule has 0 bridgehead atoms. The molecule has 0 fully saturated rings. The molecule has 3 nitrogen and oxygen atoms in total. The summed E-state index contributed by atoms with van der Waals surface area (Å²) in [7, 11) is 0. The molecule has 3 heteroatoms. The van der Waals surface area contributed by atoms with Gasteiger partial charge in [0.1, 0.15) is 5.69 Å². The first-order valence-electron chi connectivity index (χ1n) is 9.45. The van der Waals surface area contributed by atoms with E-state index in [-0.39, 0.29) is 0 Å². The summed E-state index contributed by atoms with van der Waals surface area (Å²) in [6.07, 6.45) is 13.5. The number of benzene rings is 1. The molecule has 0 aliphatic carbocycles. The van der Waals surface area contributed by atoms with Crippen molar-refractivity contribution >= 4 is 0 Å². The lowest BCUT2D eigenvalue weighted by Gasteiger charge is -2.02. The fraction of sp³-hybridized carbons (Fsp3) is 0.391. The minimum Gasteiger partial charge on any atom is -0.248 e. The predicted molar refractivity (Wildman–Crippen MR) is 111 cm³/mol. The maximum atomic E-state index is 4.26. The highest BCUT2D eigenvalue weighted by Gasteiger charge is 2.02. The van der Waals surface area contributed by atoms with Gasteiger partial charge in [0.25, 0.3) is 0 Å². The van der Waals surface area contributed by atoms with Crippen molar-refractivity contribution in [3.05, 3.63) is 71.5 Å².